The van der Waals surface area contributed by atoms with Gasteiger partial charge in [-0.25, -0.2) is 0 Å². The van der Waals surface area contributed by atoms with Crippen molar-refractivity contribution in [3.8, 4) is 0 Å². The summed E-state index contributed by atoms with van der Waals surface area (Å²) in [6.07, 6.45) is 1.22. The van der Waals surface area contributed by atoms with Crippen molar-refractivity contribution in [3.63, 3.8) is 0 Å². The molecule has 1 aromatic rings. The average molecular weight is 198 g/mol. The molecular weight excluding hydrogens is 183 g/mol. The van der Waals surface area contributed by atoms with Gasteiger partial charge in [-0.05, 0) is 17.9 Å². The summed E-state index contributed by atoms with van der Waals surface area (Å²) in [6.45, 7) is 2.08. The van der Waals surface area contributed by atoms with Crippen LogP contribution in [0, 0.1) is 0 Å². The predicted molar refractivity (Wildman–Crippen MR) is 55.6 cm³/mol. The van der Waals surface area contributed by atoms with E-state index in [0.717, 1.165) is 6.42 Å². The van der Waals surface area contributed by atoms with Gasteiger partial charge in [-0.1, -0.05) is 37.3 Å². The quantitative estimate of drug-likeness (QED) is 0.755. The van der Waals surface area contributed by atoms with Crippen LogP contribution in [-0.4, -0.2) is 11.1 Å². The summed E-state index contributed by atoms with van der Waals surface area (Å²) in [5.74, 6) is 0.377. The van der Waals surface area contributed by atoms with Gasteiger partial charge in [-0.15, -0.1) is 0 Å². The molecule has 0 saturated carbocycles. The molecule has 72 valence electrons. The van der Waals surface area contributed by atoms with Crippen molar-refractivity contribution in [2.75, 3.05) is 6.16 Å². The molecule has 2 unspecified atom stereocenters. The Balaban J connectivity index is 2.49. The summed E-state index contributed by atoms with van der Waals surface area (Å²) in [5.41, 5.74) is 1.24. The van der Waals surface area contributed by atoms with Crippen molar-refractivity contribution in [2.45, 2.75) is 19.3 Å². The second-order valence-corrected chi connectivity index (χ2v) is 4.53. The van der Waals surface area contributed by atoms with Gasteiger partial charge in [0.15, 0.2) is 8.03 Å². The standard InChI is InChI=1S/C10H15O2P/c1-9(7-8-13(11)12)10-5-3-2-4-6-10/h2-6,9,13H,7-8H2,1H3,(H,11,12). The van der Waals surface area contributed by atoms with Gasteiger partial charge >= 0.3 is 0 Å². The van der Waals surface area contributed by atoms with Gasteiger partial charge < -0.3 is 4.89 Å². The molecule has 0 aliphatic carbocycles. The Morgan fingerprint density at radius 2 is 2.00 bits per heavy atom. The fourth-order valence-corrected chi connectivity index (χ4v) is 1.97. The minimum absolute atomic E-state index is 0.377. The lowest BCUT2D eigenvalue weighted by Crippen LogP contribution is -1.94. The smallest absolute Gasteiger partial charge is 0.189 e. The van der Waals surface area contributed by atoms with E-state index in [-0.39, 0.29) is 0 Å². The van der Waals surface area contributed by atoms with Gasteiger partial charge in [0.2, 0.25) is 0 Å². The minimum Gasteiger partial charge on any atom is -0.346 e. The van der Waals surface area contributed by atoms with E-state index in [1.807, 2.05) is 18.2 Å². The van der Waals surface area contributed by atoms with Crippen LogP contribution in [0.15, 0.2) is 30.3 Å². The van der Waals surface area contributed by atoms with Crippen LogP contribution in [0.2, 0.25) is 0 Å². The zero-order chi connectivity index (χ0) is 9.68. The summed E-state index contributed by atoms with van der Waals surface area (Å²) >= 11 is 0. The average Bonchev–Trinajstić information content (AvgIpc) is 2.15. The molecule has 13 heavy (non-hydrogen) atoms. The molecule has 0 aliphatic rings. The fourth-order valence-electron chi connectivity index (χ4n) is 1.29. The van der Waals surface area contributed by atoms with E-state index in [1.165, 1.54) is 5.56 Å². The zero-order valence-electron chi connectivity index (χ0n) is 7.73. The van der Waals surface area contributed by atoms with Crippen LogP contribution in [0.5, 0.6) is 0 Å². The number of rotatable bonds is 4. The summed E-state index contributed by atoms with van der Waals surface area (Å²) < 4.78 is 10.5. The van der Waals surface area contributed by atoms with Crippen LogP contribution in [0.4, 0.5) is 0 Å². The van der Waals surface area contributed by atoms with Crippen LogP contribution in [0.25, 0.3) is 0 Å². The van der Waals surface area contributed by atoms with Gasteiger partial charge in [0.05, 0.1) is 0 Å². The van der Waals surface area contributed by atoms with Crippen LogP contribution in [0.3, 0.4) is 0 Å². The first-order valence-electron chi connectivity index (χ1n) is 4.47. The lowest BCUT2D eigenvalue weighted by molar-refractivity contribution is 0.498. The van der Waals surface area contributed by atoms with Gasteiger partial charge in [0, 0.05) is 6.16 Å². The predicted octanol–water partition coefficient (Wildman–Crippen LogP) is 2.65. The SMILES string of the molecule is CC(CC[PH](=O)O)c1ccccc1. The van der Waals surface area contributed by atoms with E-state index < -0.39 is 8.03 Å². The first-order valence-corrected chi connectivity index (χ1v) is 6.03. The molecule has 0 aromatic heterocycles. The topological polar surface area (TPSA) is 37.3 Å². The summed E-state index contributed by atoms with van der Waals surface area (Å²) in [4.78, 5) is 8.69. The van der Waals surface area contributed by atoms with Crippen molar-refractivity contribution >= 4 is 8.03 Å². The van der Waals surface area contributed by atoms with E-state index in [0.29, 0.717) is 12.1 Å². The maximum Gasteiger partial charge on any atom is 0.189 e. The Labute approximate surface area is 79.5 Å². The molecule has 0 radical (unpaired) electrons. The van der Waals surface area contributed by atoms with E-state index in [9.17, 15) is 4.57 Å². The minimum atomic E-state index is -2.29. The van der Waals surface area contributed by atoms with Crippen LogP contribution < -0.4 is 0 Å². The molecule has 0 saturated heterocycles. The molecular formula is C10H15O2P. The van der Waals surface area contributed by atoms with Crippen LogP contribution in [-0.2, 0) is 4.57 Å². The van der Waals surface area contributed by atoms with Crippen molar-refractivity contribution < 1.29 is 9.46 Å². The Morgan fingerprint density at radius 3 is 2.54 bits per heavy atom. The number of hydrogen-bond donors (Lipinski definition) is 1. The molecule has 3 heteroatoms. The second kappa shape index (κ2) is 5.21. The maximum absolute atomic E-state index is 10.5. The molecule has 1 rings (SSSR count). The molecule has 2 nitrogen and oxygen atoms in total. The third kappa shape index (κ3) is 3.75. The highest BCUT2D eigenvalue weighted by Crippen LogP contribution is 2.24. The van der Waals surface area contributed by atoms with E-state index in [1.54, 1.807) is 0 Å². The van der Waals surface area contributed by atoms with E-state index >= 15 is 0 Å². The Hall–Kier alpha value is -0.590. The van der Waals surface area contributed by atoms with Gasteiger partial charge in [-0.2, -0.15) is 0 Å². The van der Waals surface area contributed by atoms with Gasteiger partial charge in [0.25, 0.3) is 0 Å². The van der Waals surface area contributed by atoms with Crippen molar-refractivity contribution in [1.82, 2.24) is 0 Å². The molecule has 0 bridgehead atoms. The van der Waals surface area contributed by atoms with Crippen molar-refractivity contribution in [3.05, 3.63) is 35.9 Å². The lowest BCUT2D eigenvalue weighted by Gasteiger charge is -2.09. The maximum atomic E-state index is 10.5. The summed E-state index contributed by atoms with van der Waals surface area (Å²) in [5, 5.41) is 0. The molecule has 2 atom stereocenters. The Kier molecular flexibility index (Phi) is 4.20. The third-order valence-electron chi connectivity index (χ3n) is 2.16. The first kappa shape index (κ1) is 10.5. The van der Waals surface area contributed by atoms with Crippen LogP contribution >= 0.6 is 8.03 Å². The molecule has 0 amide bonds. The highest BCUT2D eigenvalue weighted by Gasteiger charge is 2.05. The Morgan fingerprint density at radius 1 is 1.38 bits per heavy atom. The van der Waals surface area contributed by atoms with Gasteiger partial charge in [0.1, 0.15) is 0 Å². The van der Waals surface area contributed by atoms with Crippen LogP contribution in [0.1, 0.15) is 24.8 Å². The van der Waals surface area contributed by atoms with Gasteiger partial charge in [-0.3, -0.25) is 4.57 Å². The third-order valence-corrected chi connectivity index (χ3v) is 2.88. The molecule has 0 spiro atoms. The monoisotopic (exact) mass is 198 g/mol. The molecule has 0 aliphatic heterocycles. The van der Waals surface area contributed by atoms with Crippen molar-refractivity contribution in [1.29, 1.82) is 0 Å². The second-order valence-electron chi connectivity index (χ2n) is 3.24. The molecule has 0 fully saturated rings. The molecule has 1 aromatic carbocycles. The lowest BCUT2D eigenvalue weighted by atomic mass is 9.99. The largest absolute Gasteiger partial charge is 0.346 e. The summed E-state index contributed by atoms with van der Waals surface area (Å²) in [6, 6.07) is 10.1. The van der Waals surface area contributed by atoms with Crippen molar-refractivity contribution in [2.24, 2.45) is 0 Å². The summed E-state index contributed by atoms with van der Waals surface area (Å²) in [7, 11) is -2.29. The Bertz CT molecular complexity index is 272. The fraction of sp³-hybridized carbons (Fsp3) is 0.400. The zero-order valence-corrected chi connectivity index (χ0v) is 8.73. The molecule has 1 N–H and O–H groups in total. The number of hydrogen-bond acceptors (Lipinski definition) is 1. The molecule has 0 heterocycles. The highest BCUT2D eigenvalue weighted by atomic mass is 31.1. The highest BCUT2D eigenvalue weighted by molar-refractivity contribution is 7.37. The number of benzene rings is 1. The van der Waals surface area contributed by atoms with E-state index in [4.69, 9.17) is 4.89 Å². The normalized spacial score (nSPS) is 15.2. The van der Waals surface area contributed by atoms with E-state index in [2.05, 4.69) is 19.1 Å². The first-order chi connectivity index (χ1) is 6.20.